The summed E-state index contributed by atoms with van der Waals surface area (Å²) < 4.78 is 37.9. The molecule has 0 saturated carbocycles. The van der Waals surface area contributed by atoms with Gasteiger partial charge in [0.05, 0.1) is 16.8 Å². The first kappa shape index (κ1) is 13.5. The van der Waals surface area contributed by atoms with E-state index in [-0.39, 0.29) is 11.5 Å². The van der Waals surface area contributed by atoms with Crippen molar-refractivity contribution in [3.63, 3.8) is 0 Å². The highest BCUT2D eigenvalue weighted by Crippen LogP contribution is 2.31. The molecular weight excluding hydrogens is 257 g/mol. The van der Waals surface area contributed by atoms with Crippen LogP contribution in [-0.4, -0.2) is 23.6 Å². The van der Waals surface area contributed by atoms with E-state index < -0.39 is 11.7 Å². The molecule has 102 valence electrons. The molecular formula is C12H13F3N4. The minimum Gasteiger partial charge on any atom is -0.368 e. The van der Waals surface area contributed by atoms with E-state index in [1.54, 1.807) is 7.05 Å². The van der Waals surface area contributed by atoms with Gasteiger partial charge in [-0.3, -0.25) is 0 Å². The number of anilines is 1. The summed E-state index contributed by atoms with van der Waals surface area (Å²) in [5.74, 6) is -0.0158. The molecule has 0 spiro atoms. The molecule has 0 aliphatic carbocycles. The molecule has 0 saturated heterocycles. The molecule has 1 aromatic carbocycles. The van der Waals surface area contributed by atoms with Crippen molar-refractivity contribution < 1.29 is 13.2 Å². The van der Waals surface area contributed by atoms with Crippen LogP contribution < -0.4 is 11.1 Å². The molecule has 0 bridgehead atoms. The molecule has 1 aromatic heterocycles. The van der Waals surface area contributed by atoms with Crippen LogP contribution in [0.2, 0.25) is 0 Å². The van der Waals surface area contributed by atoms with Crippen molar-refractivity contribution in [2.24, 2.45) is 0 Å². The maximum Gasteiger partial charge on any atom is 0.416 e. The zero-order valence-corrected chi connectivity index (χ0v) is 10.3. The van der Waals surface area contributed by atoms with Crippen molar-refractivity contribution in [3.05, 3.63) is 29.5 Å². The lowest BCUT2D eigenvalue weighted by Gasteiger charge is -2.10. The van der Waals surface area contributed by atoms with E-state index in [1.165, 1.54) is 6.07 Å². The predicted molar refractivity (Wildman–Crippen MR) is 66.6 cm³/mol. The van der Waals surface area contributed by atoms with Gasteiger partial charge in [-0.15, -0.1) is 0 Å². The Morgan fingerprint density at radius 3 is 2.63 bits per heavy atom. The summed E-state index contributed by atoms with van der Waals surface area (Å²) >= 11 is 0. The Kier molecular flexibility index (Phi) is 3.57. The number of hydrogen-bond acceptors (Lipinski definition) is 4. The van der Waals surface area contributed by atoms with Gasteiger partial charge in [-0.2, -0.15) is 13.2 Å². The second-order valence-corrected chi connectivity index (χ2v) is 4.11. The predicted octanol–water partition coefficient (Wildman–Crippen LogP) is 1.99. The Morgan fingerprint density at radius 2 is 2.00 bits per heavy atom. The number of benzene rings is 1. The number of fused-ring (bicyclic) bond motifs is 1. The fourth-order valence-electron chi connectivity index (χ4n) is 1.83. The number of nitrogen functional groups attached to an aromatic ring is 1. The highest BCUT2D eigenvalue weighted by Gasteiger charge is 2.30. The summed E-state index contributed by atoms with van der Waals surface area (Å²) in [6.45, 7) is 0.659. The number of nitrogens with zero attached hydrogens (tertiary/aromatic N) is 2. The van der Waals surface area contributed by atoms with Crippen LogP contribution in [0.15, 0.2) is 18.2 Å². The van der Waals surface area contributed by atoms with E-state index in [1.807, 2.05) is 0 Å². The lowest BCUT2D eigenvalue weighted by molar-refractivity contribution is -0.137. The molecule has 2 rings (SSSR count). The maximum atomic E-state index is 12.6. The molecule has 0 unspecified atom stereocenters. The highest BCUT2D eigenvalue weighted by molar-refractivity contribution is 5.82. The summed E-state index contributed by atoms with van der Waals surface area (Å²) in [5, 5.41) is 3.55. The average Bonchev–Trinajstić information content (AvgIpc) is 2.33. The van der Waals surface area contributed by atoms with E-state index in [2.05, 4.69) is 15.3 Å². The second kappa shape index (κ2) is 5.00. The molecule has 19 heavy (non-hydrogen) atoms. The van der Waals surface area contributed by atoms with Crippen LogP contribution in [0.3, 0.4) is 0 Å². The largest absolute Gasteiger partial charge is 0.416 e. The highest BCUT2D eigenvalue weighted by atomic mass is 19.4. The third kappa shape index (κ3) is 2.93. The smallest absolute Gasteiger partial charge is 0.368 e. The van der Waals surface area contributed by atoms with Crippen molar-refractivity contribution in [1.82, 2.24) is 15.3 Å². The molecule has 7 heteroatoms. The molecule has 2 aromatic rings. The fourth-order valence-corrected chi connectivity index (χ4v) is 1.83. The second-order valence-electron chi connectivity index (χ2n) is 4.11. The first-order valence-electron chi connectivity index (χ1n) is 5.70. The summed E-state index contributed by atoms with van der Waals surface area (Å²) in [4.78, 5) is 7.94. The van der Waals surface area contributed by atoms with E-state index in [0.717, 1.165) is 12.1 Å². The van der Waals surface area contributed by atoms with Gasteiger partial charge in [0.25, 0.3) is 0 Å². The number of nitrogens with two attached hydrogens (primary N) is 1. The molecule has 0 aliphatic heterocycles. The first-order chi connectivity index (χ1) is 8.91. The van der Waals surface area contributed by atoms with Crippen molar-refractivity contribution in [2.45, 2.75) is 12.6 Å². The normalized spacial score (nSPS) is 12.0. The maximum absolute atomic E-state index is 12.6. The lowest BCUT2D eigenvalue weighted by atomic mass is 10.1. The zero-order chi connectivity index (χ0) is 14.0. The Bertz CT molecular complexity index is 595. The quantitative estimate of drug-likeness (QED) is 0.895. The van der Waals surface area contributed by atoms with Gasteiger partial charge in [-0.25, -0.2) is 9.97 Å². The van der Waals surface area contributed by atoms with Crippen LogP contribution >= 0.6 is 0 Å². The van der Waals surface area contributed by atoms with Gasteiger partial charge in [-0.05, 0) is 19.2 Å². The van der Waals surface area contributed by atoms with E-state index in [9.17, 15) is 13.2 Å². The van der Waals surface area contributed by atoms with Crippen LogP contribution in [0.5, 0.6) is 0 Å². The number of halogens is 3. The summed E-state index contributed by atoms with van der Waals surface area (Å²) in [6, 6.07) is 3.42. The molecule has 0 amide bonds. The standard InChI is InChI=1S/C12H13F3N4/c1-17-5-4-9-8-3-2-7(12(13,14)15)6-10(8)19-11(16)18-9/h2-3,6,17H,4-5H2,1H3,(H2,16,18,19). The number of rotatable bonds is 3. The van der Waals surface area contributed by atoms with Gasteiger partial charge in [0.15, 0.2) is 0 Å². The van der Waals surface area contributed by atoms with E-state index >= 15 is 0 Å². The van der Waals surface area contributed by atoms with Crippen molar-refractivity contribution in [2.75, 3.05) is 19.3 Å². The summed E-state index contributed by atoms with van der Waals surface area (Å²) in [7, 11) is 1.79. The summed E-state index contributed by atoms with van der Waals surface area (Å²) in [5.41, 5.74) is 5.65. The number of aromatic nitrogens is 2. The third-order valence-electron chi connectivity index (χ3n) is 2.73. The topological polar surface area (TPSA) is 63.8 Å². The van der Waals surface area contributed by atoms with Gasteiger partial charge in [0.2, 0.25) is 5.95 Å². The van der Waals surface area contributed by atoms with Crippen LogP contribution in [0.1, 0.15) is 11.3 Å². The Labute approximate surface area is 107 Å². The third-order valence-corrected chi connectivity index (χ3v) is 2.73. The number of nitrogens with one attached hydrogen (secondary N) is 1. The summed E-state index contributed by atoms with van der Waals surface area (Å²) in [6.07, 6.45) is -3.82. The molecule has 3 N–H and O–H groups in total. The van der Waals surface area contributed by atoms with E-state index in [4.69, 9.17) is 5.73 Å². The number of likely N-dealkylation sites (N-methyl/N-ethyl adjacent to an activating group) is 1. The van der Waals surface area contributed by atoms with Crippen LogP contribution in [-0.2, 0) is 12.6 Å². The lowest BCUT2D eigenvalue weighted by Crippen LogP contribution is -2.13. The minimum absolute atomic E-state index is 0.0158. The first-order valence-corrected chi connectivity index (χ1v) is 5.70. The molecule has 0 fully saturated rings. The Hall–Kier alpha value is -1.89. The minimum atomic E-state index is -4.39. The molecule has 4 nitrogen and oxygen atoms in total. The van der Waals surface area contributed by atoms with Gasteiger partial charge < -0.3 is 11.1 Å². The van der Waals surface area contributed by atoms with Crippen molar-refractivity contribution >= 4 is 16.9 Å². The fraction of sp³-hybridized carbons (Fsp3) is 0.333. The van der Waals surface area contributed by atoms with Crippen molar-refractivity contribution in [1.29, 1.82) is 0 Å². The molecule has 0 atom stereocenters. The van der Waals surface area contributed by atoms with Crippen molar-refractivity contribution in [3.8, 4) is 0 Å². The number of alkyl halides is 3. The van der Waals surface area contributed by atoms with E-state index in [0.29, 0.717) is 24.0 Å². The van der Waals surface area contributed by atoms with Crippen LogP contribution in [0.25, 0.3) is 10.9 Å². The Balaban J connectivity index is 2.55. The zero-order valence-electron chi connectivity index (χ0n) is 10.3. The molecule has 1 heterocycles. The van der Waals surface area contributed by atoms with Gasteiger partial charge in [-0.1, -0.05) is 6.07 Å². The molecule has 0 radical (unpaired) electrons. The SMILES string of the molecule is CNCCc1nc(N)nc2cc(C(F)(F)F)ccc12. The van der Waals surface area contributed by atoms with Crippen LogP contribution in [0, 0.1) is 0 Å². The number of hydrogen-bond donors (Lipinski definition) is 2. The molecule has 0 aliphatic rings. The van der Waals surface area contributed by atoms with Gasteiger partial charge in [0, 0.05) is 18.4 Å². The van der Waals surface area contributed by atoms with Gasteiger partial charge in [0.1, 0.15) is 0 Å². The average molecular weight is 270 g/mol. The monoisotopic (exact) mass is 270 g/mol. The van der Waals surface area contributed by atoms with Crippen LogP contribution in [0.4, 0.5) is 19.1 Å². The Morgan fingerprint density at radius 1 is 1.26 bits per heavy atom. The van der Waals surface area contributed by atoms with Gasteiger partial charge >= 0.3 is 6.18 Å².